The van der Waals surface area contributed by atoms with Crippen molar-refractivity contribution in [2.75, 3.05) is 13.1 Å². The van der Waals surface area contributed by atoms with Gasteiger partial charge in [-0.3, -0.25) is 0 Å². The third-order valence-corrected chi connectivity index (χ3v) is 2.46. The van der Waals surface area contributed by atoms with E-state index in [1.54, 1.807) is 11.3 Å². The van der Waals surface area contributed by atoms with Crippen LogP contribution < -0.4 is 5.32 Å². The summed E-state index contributed by atoms with van der Waals surface area (Å²) < 4.78 is 0. The van der Waals surface area contributed by atoms with Crippen LogP contribution >= 0.6 is 11.3 Å². The van der Waals surface area contributed by atoms with Crippen LogP contribution in [0.2, 0.25) is 0 Å². The predicted molar refractivity (Wildman–Crippen MR) is 60.4 cm³/mol. The Morgan fingerprint density at radius 1 is 1.46 bits per heavy atom. The summed E-state index contributed by atoms with van der Waals surface area (Å²) >= 11 is 1.75. The van der Waals surface area contributed by atoms with Crippen molar-refractivity contribution in [3.63, 3.8) is 0 Å². The van der Waals surface area contributed by atoms with Crippen molar-refractivity contribution in [3.05, 3.63) is 16.1 Å². The Bertz CT molecular complexity index is 208. The molecule has 0 saturated carbocycles. The van der Waals surface area contributed by atoms with Gasteiger partial charge in [0, 0.05) is 24.0 Å². The molecule has 0 aliphatic rings. The minimum atomic E-state index is 1.05. The van der Waals surface area contributed by atoms with Crippen molar-refractivity contribution in [1.82, 2.24) is 10.3 Å². The SMILES string of the molecule is CC.CCNCCc1nc(C)cs1. The summed E-state index contributed by atoms with van der Waals surface area (Å²) in [7, 11) is 0. The average molecular weight is 200 g/mol. The van der Waals surface area contributed by atoms with Gasteiger partial charge in [-0.2, -0.15) is 0 Å². The van der Waals surface area contributed by atoms with Gasteiger partial charge in [0.2, 0.25) is 0 Å². The molecule has 3 heteroatoms. The van der Waals surface area contributed by atoms with Gasteiger partial charge in [-0.05, 0) is 13.5 Å². The van der Waals surface area contributed by atoms with Gasteiger partial charge in [0.15, 0.2) is 0 Å². The first kappa shape index (κ1) is 12.6. The second-order valence-corrected chi connectivity index (χ2v) is 3.43. The van der Waals surface area contributed by atoms with E-state index in [9.17, 15) is 0 Å². The molecule has 0 aliphatic carbocycles. The fourth-order valence-electron chi connectivity index (χ4n) is 0.890. The molecule has 0 atom stereocenters. The molecule has 0 aromatic carbocycles. The van der Waals surface area contributed by atoms with E-state index in [2.05, 4.69) is 22.6 Å². The van der Waals surface area contributed by atoms with Crippen LogP contribution in [0.25, 0.3) is 0 Å². The lowest BCUT2D eigenvalue weighted by molar-refractivity contribution is 0.714. The Balaban J connectivity index is 0.000000671. The molecule has 2 nitrogen and oxygen atoms in total. The first-order chi connectivity index (χ1) is 6.33. The van der Waals surface area contributed by atoms with Crippen molar-refractivity contribution < 1.29 is 0 Å². The molecule has 0 bridgehead atoms. The summed E-state index contributed by atoms with van der Waals surface area (Å²) in [6.07, 6.45) is 1.06. The van der Waals surface area contributed by atoms with Crippen LogP contribution in [0.3, 0.4) is 0 Å². The lowest BCUT2D eigenvalue weighted by Crippen LogP contribution is -2.15. The number of rotatable bonds is 4. The molecule has 1 rings (SSSR count). The highest BCUT2D eigenvalue weighted by molar-refractivity contribution is 7.09. The highest BCUT2D eigenvalue weighted by Crippen LogP contribution is 2.08. The van der Waals surface area contributed by atoms with Crippen LogP contribution in [0, 0.1) is 6.92 Å². The molecule has 1 aromatic heterocycles. The number of hydrogen-bond acceptors (Lipinski definition) is 3. The largest absolute Gasteiger partial charge is 0.317 e. The Morgan fingerprint density at radius 3 is 2.62 bits per heavy atom. The first-order valence-corrected chi connectivity index (χ1v) is 5.82. The average Bonchev–Trinajstić information content (AvgIpc) is 2.56. The number of thiazole rings is 1. The number of nitrogens with one attached hydrogen (secondary N) is 1. The minimum Gasteiger partial charge on any atom is -0.317 e. The van der Waals surface area contributed by atoms with E-state index in [4.69, 9.17) is 0 Å². The molecule has 0 aliphatic heterocycles. The van der Waals surface area contributed by atoms with Crippen molar-refractivity contribution in [3.8, 4) is 0 Å². The van der Waals surface area contributed by atoms with Crippen molar-refractivity contribution in [1.29, 1.82) is 0 Å². The molecular weight excluding hydrogens is 180 g/mol. The Labute approximate surface area is 85.4 Å². The van der Waals surface area contributed by atoms with Crippen LogP contribution in [-0.2, 0) is 6.42 Å². The minimum absolute atomic E-state index is 1.05. The van der Waals surface area contributed by atoms with Crippen molar-refractivity contribution >= 4 is 11.3 Å². The first-order valence-electron chi connectivity index (χ1n) is 4.94. The van der Waals surface area contributed by atoms with Gasteiger partial charge in [-0.1, -0.05) is 20.8 Å². The standard InChI is InChI=1S/C8H14N2S.C2H6/c1-3-9-5-4-8-10-7(2)6-11-8;1-2/h6,9H,3-5H2,1-2H3;1-2H3. The number of nitrogens with zero attached hydrogens (tertiary/aromatic N) is 1. The maximum atomic E-state index is 4.36. The molecular formula is C10H20N2S. The summed E-state index contributed by atoms with van der Waals surface area (Å²) in [5.74, 6) is 0. The molecule has 0 fully saturated rings. The maximum absolute atomic E-state index is 4.36. The van der Waals surface area contributed by atoms with Crippen LogP contribution in [-0.4, -0.2) is 18.1 Å². The number of likely N-dealkylation sites (N-methyl/N-ethyl adjacent to an activating group) is 1. The Kier molecular flexibility index (Phi) is 7.94. The lowest BCUT2D eigenvalue weighted by atomic mass is 10.4. The highest BCUT2D eigenvalue weighted by atomic mass is 32.1. The van der Waals surface area contributed by atoms with Crippen molar-refractivity contribution in [2.24, 2.45) is 0 Å². The van der Waals surface area contributed by atoms with Gasteiger partial charge in [0.1, 0.15) is 0 Å². The molecule has 1 N–H and O–H groups in total. The van der Waals surface area contributed by atoms with Gasteiger partial charge in [-0.25, -0.2) is 4.98 Å². The van der Waals surface area contributed by atoms with Crippen LogP contribution in [0.15, 0.2) is 5.38 Å². The molecule has 0 radical (unpaired) electrons. The second kappa shape index (κ2) is 8.20. The number of aromatic nitrogens is 1. The smallest absolute Gasteiger partial charge is 0.0940 e. The molecule has 0 amide bonds. The number of hydrogen-bond donors (Lipinski definition) is 1. The summed E-state index contributed by atoms with van der Waals surface area (Å²) in [6, 6.07) is 0. The molecule has 1 heterocycles. The summed E-state index contributed by atoms with van der Waals surface area (Å²) in [4.78, 5) is 4.36. The fourth-order valence-corrected chi connectivity index (χ4v) is 1.67. The maximum Gasteiger partial charge on any atom is 0.0940 e. The van der Waals surface area contributed by atoms with Crippen LogP contribution in [0.4, 0.5) is 0 Å². The quantitative estimate of drug-likeness (QED) is 0.756. The summed E-state index contributed by atoms with van der Waals surface area (Å²) in [6.45, 7) is 10.2. The van der Waals surface area contributed by atoms with Crippen molar-refractivity contribution in [2.45, 2.75) is 34.1 Å². The third kappa shape index (κ3) is 5.77. The van der Waals surface area contributed by atoms with E-state index in [1.807, 2.05) is 20.8 Å². The van der Waals surface area contributed by atoms with Gasteiger partial charge >= 0.3 is 0 Å². The van der Waals surface area contributed by atoms with E-state index in [1.165, 1.54) is 5.01 Å². The normalized spacial score (nSPS) is 9.23. The molecule has 0 spiro atoms. The van der Waals surface area contributed by atoms with Gasteiger partial charge in [0.25, 0.3) is 0 Å². The molecule has 13 heavy (non-hydrogen) atoms. The Morgan fingerprint density at radius 2 is 2.15 bits per heavy atom. The zero-order valence-corrected chi connectivity index (χ0v) is 9.87. The molecule has 76 valence electrons. The summed E-state index contributed by atoms with van der Waals surface area (Å²) in [5, 5.41) is 6.61. The highest BCUT2D eigenvalue weighted by Gasteiger charge is 1.96. The monoisotopic (exact) mass is 200 g/mol. The Hall–Kier alpha value is -0.410. The fraction of sp³-hybridized carbons (Fsp3) is 0.700. The second-order valence-electron chi connectivity index (χ2n) is 2.49. The zero-order valence-electron chi connectivity index (χ0n) is 9.05. The van der Waals surface area contributed by atoms with Crippen LogP contribution in [0.5, 0.6) is 0 Å². The van der Waals surface area contributed by atoms with E-state index >= 15 is 0 Å². The van der Waals surface area contributed by atoms with E-state index in [0.29, 0.717) is 0 Å². The predicted octanol–water partition coefficient (Wildman–Crippen LogP) is 2.63. The third-order valence-electron chi connectivity index (χ3n) is 1.43. The topological polar surface area (TPSA) is 24.9 Å². The van der Waals surface area contributed by atoms with Crippen LogP contribution in [0.1, 0.15) is 31.5 Å². The molecule has 1 aromatic rings. The van der Waals surface area contributed by atoms with E-state index < -0.39 is 0 Å². The van der Waals surface area contributed by atoms with Gasteiger partial charge in [0.05, 0.1) is 5.01 Å². The number of aryl methyl sites for hydroxylation is 1. The lowest BCUT2D eigenvalue weighted by Gasteiger charge is -1.96. The summed E-state index contributed by atoms with van der Waals surface area (Å²) in [5.41, 5.74) is 1.14. The molecule has 0 unspecified atom stereocenters. The van der Waals surface area contributed by atoms with Gasteiger partial charge in [-0.15, -0.1) is 11.3 Å². The molecule has 0 saturated heterocycles. The van der Waals surface area contributed by atoms with E-state index in [-0.39, 0.29) is 0 Å². The van der Waals surface area contributed by atoms with Gasteiger partial charge < -0.3 is 5.32 Å². The zero-order chi connectivity index (χ0) is 10.1. The van der Waals surface area contributed by atoms with E-state index in [0.717, 1.165) is 25.2 Å².